The van der Waals surface area contributed by atoms with E-state index >= 15 is 0 Å². The topological polar surface area (TPSA) is 95.9 Å². The molecule has 5 rings (SSSR count). The van der Waals surface area contributed by atoms with Gasteiger partial charge in [-0.05, 0) is 48.4 Å². The molecule has 3 unspecified atom stereocenters. The molecule has 1 aliphatic heterocycles. The lowest BCUT2D eigenvalue weighted by molar-refractivity contribution is -0.154. The third kappa shape index (κ3) is 4.43. The Labute approximate surface area is 204 Å². The van der Waals surface area contributed by atoms with Gasteiger partial charge in [-0.15, -0.1) is 0 Å². The lowest BCUT2D eigenvalue weighted by Gasteiger charge is -2.38. The molecule has 1 heterocycles. The zero-order valence-corrected chi connectivity index (χ0v) is 19.8. The van der Waals surface area contributed by atoms with E-state index in [1.807, 2.05) is 36.4 Å². The Morgan fingerprint density at radius 2 is 1.71 bits per heavy atom. The van der Waals surface area contributed by atoms with Gasteiger partial charge in [0, 0.05) is 19.0 Å². The number of carboxylic acids is 1. The van der Waals surface area contributed by atoms with Crippen LogP contribution >= 0.6 is 0 Å². The van der Waals surface area contributed by atoms with Crippen LogP contribution in [0.15, 0.2) is 60.7 Å². The number of nitrogens with one attached hydrogen (secondary N) is 1. The number of fused-ring (bicyclic) bond motifs is 3. The summed E-state index contributed by atoms with van der Waals surface area (Å²) in [6.45, 7) is 2.72. The van der Waals surface area contributed by atoms with E-state index in [1.54, 1.807) is 11.8 Å². The minimum atomic E-state index is -0.908. The number of hydrogen-bond acceptors (Lipinski definition) is 4. The summed E-state index contributed by atoms with van der Waals surface area (Å²) in [4.78, 5) is 38.9. The zero-order valence-electron chi connectivity index (χ0n) is 19.8. The number of rotatable bonds is 5. The van der Waals surface area contributed by atoms with Crippen molar-refractivity contribution in [1.82, 2.24) is 10.2 Å². The van der Waals surface area contributed by atoms with Crippen LogP contribution in [0.2, 0.25) is 0 Å². The monoisotopic (exact) mass is 474 g/mol. The molecular formula is C28H30N2O5. The van der Waals surface area contributed by atoms with Gasteiger partial charge in [0.15, 0.2) is 0 Å². The highest BCUT2D eigenvalue weighted by Gasteiger charge is 2.41. The summed E-state index contributed by atoms with van der Waals surface area (Å²) in [5, 5.41) is 12.4. The third-order valence-electron chi connectivity index (χ3n) is 7.57. The maximum absolute atomic E-state index is 13.0. The van der Waals surface area contributed by atoms with Gasteiger partial charge in [0.1, 0.15) is 6.61 Å². The number of alkyl carbamates (subject to hydrolysis) is 1. The molecule has 1 fully saturated rings. The number of piperidine rings is 1. The van der Waals surface area contributed by atoms with E-state index in [4.69, 9.17) is 4.74 Å². The smallest absolute Gasteiger partial charge is 0.407 e. The minimum absolute atomic E-state index is 0.00996. The van der Waals surface area contributed by atoms with Gasteiger partial charge >= 0.3 is 12.1 Å². The lowest BCUT2D eigenvalue weighted by atomic mass is 9.81. The molecule has 0 bridgehead atoms. The van der Waals surface area contributed by atoms with Crippen molar-refractivity contribution in [1.29, 1.82) is 0 Å². The number of carbonyl (C=O) groups excluding carboxylic acids is 2. The normalized spacial score (nSPS) is 25.1. The number of amides is 2. The highest BCUT2D eigenvalue weighted by Crippen LogP contribution is 2.44. The fourth-order valence-corrected chi connectivity index (χ4v) is 5.62. The first kappa shape index (κ1) is 23.1. The Balaban J connectivity index is 1.15. The van der Waals surface area contributed by atoms with E-state index in [1.165, 1.54) is 11.1 Å². The van der Waals surface area contributed by atoms with Crippen LogP contribution in [0.25, 0.3) is 11.1 Å². The second kappa shape index (κ2) is 9.21. The molecule has 2 aromatic rings. The average Bonchev–Trinajstić information content (AvgIpc) is 3.45. The van der Waals surface area contributed by atoms with Crippen LogP contribution in [-0.4, -0.2) is 53.7 Å². The predicted molar refractivity (Wildman–Crippen MR) is 131 cm³/mol. The largest absolute Gasteiger partial charge is 0.481 e. The summed E-state index contributed by atoms with van der Waals surface area (Å²) < 4.78 is 5.62. The number of carbonyl (C=O) groups is 3. The molecule has 2 aromatic carbocycles. The van der Waals surface area contributed by atoms with Crippen LogP contribution in [-0.2, 0) is 14.3 Å². The molecule has 2 amide bonds. The van der Waals surface area contributed by atoms with Crippen molar-refractivity contribution >= 4 is 18.0 Å². The number of ether oxygens (including phenoxy) is 1. The van der Waals surface area contributed by atoms with Gasteiger partial charge < -0.3 is 20.1 Å². The average molecular weight is 475 g/mol. The van der Waals surface area contributed by atoms with E-state index in [-0.39, 0.29) is 36.9 Å². The first-order valence-corrected chi connectivity index (χ1v) is 12.2. The van der Waals surface area contributed by atoms with Crippen molar-refractivity contribution in [2.24, 2.45) is 11.3 Å². The molecule has 3 atom stereocenters. The van der Waals surface area contributed by atoms with Crippen molar-refractivity contribution in [2.75, 3.05) is 19.7 Å². The van der Waals surface area contributed by atoms with Crippen LogP contribution in [0.1, 0.15) is 43.2 Å². The Hall–Kier alpha value is -3.61. The van der Waals surface area contributed by atoms with E-state index in [9.17, 15) is 19.5 Å². The van der Waals surface area contributed by atoms with Crippen LogP contribution in [0, 0.1) is 11.3 Å². The van der Waals surface area contributed by atoms with E-state index in [2.05, 4.69) is 29.6 Å². The van der Waals surface area contributed by atoms with Gasteiger partial charge in [-0.25, -0.2) is 4.79 Å². The fraction of sp³-hybridized carbons (Fsp3) is 0.393. The molecule has 35 heavy (non-hydrogen) atoms. The molecule has 182 valence electrons. The Morgan fingerprint density at radius 3 is 2.37 bits per heavy atom. The van der Waals surface area contributed by atoms with Gasteiger partial charge in [0.05, 0.1) is 17.4 Å². The number of hydrogen-bond donors (Lipinski definition) is 2. The van der Waals surface area contributed by atoms with Crippen molar-refractivity contribution < 1.29 is 24.2 Å². The van der Waals surface area contributed by atoms with Crippen molar-refractivity contribution in [3.05, 3.63) is 71.8 Å². The molecule has 0 radical (unpaired) electrons. The van der Waals surface area contributed by atoms with E-state index in [0.29, 0.717) is 25.8 Å². The SMILES string of the molecule is CC1(C(=O)O)CCCN(C(=O)C2C=CC(NC(=O)OCC3c4ccccc4-c4ccccc43)C2)C1. The van der Waals surface area contributed by atoms with Gasteiger partial charge in [-0.1, -0.05) is 60.7 Å². The molecule has 0 saturated carbocycles. The number of carboxylic acid groups (broad SMARTS) is 1. The summed E-state index contributed by atoms with van der Waals surface area (Å²) in [5.74, 6) is -1.33. The summed E-state index contributed by atoms with van der Waals surface area (Å²) >= 11 is 0. The van der Waals surface area contributed by atoms with Crippen molar-refractivity contribution in [3.63, 3.8) is 0 Å². The Kier molecular flexibility index (Phi) is 6.09. The second-order valence-corrected chi connectivity index (χ2v) is 10.0. The number of benzene rings is 2. The number of nitrogens with zero attached hydrogens (tertiary/aromatic N) is 1. The predicted octanol–water partition coefficient (Wildman–Crippen LogP) is 4.18. The summed E-state index contributed by atoms with van der Waals surface area (Å²) in [6, 6.07) is 16.1. The fourth-order valence-electron chi connectivity index (χ4n) is 5.62. The summed E-state index contributed by atoms with van der Waals surface area (Å²) in [5.41, 5.74) is 3.75. The number of likely N-dealkylation sites (tertiary alicyclic amines) is 1. The van der Waals surface area contributed by atoms with Crippen molar-refractivity contribution in [2.45, 2.75) is 38.1 Å². The standard InChI is InChI=1S/C28H30N2O5/c1-28(26(32)33)13-6-14-30(17-28)25(31)18-11-12-19(15-18)29-27(34)35-16-24-22-9-4-2-7-20(22)21-8-3-5-10-23(21)24/h2-5,7-12,18-19,24H,6,13-17H2,1H3,(H,29,34)(H,32,33). The lowest BCUT2D eigenvalue weighted by Crippen LogP contribution is -2.50. The molecule has 1 saturated heterocycles. The first-order chi connectivity index (χ1) is 16.9. The van der Waals surface area contributed by atoms with Crippen LogP contribution < -0.4 is 5.32 Å². The number of aliphatic carboxylic acids is 1. The van der Waals surface area contributed by atoms with Crippen LogP contribution in [0.5, 0.6) is 0 Å². The minimum Gasteiger partial charge on any atom is -0.481 e. The summed E-state index contributed by atoms with van der Waals surface area (Å²) in [6.07, 6.45) is 4.81. The van der Waals surface area contributed by atoms with Gasteiger partial charge in [0.25, 0.3) is 0 Å². The van der Waals surface area contributed by atoms with E-state index in [0.717, 1.165) is 11.1 Å². The highest BCUT2D eigenvalue weighted by molar-refractivity contribution is 5.83. The van der Waals surface area contributed by atoms with E-state index < -0.39 is 17.5 Å². The summed E-state index contributed by atoms with van der Waals surface area (Å²) in [7, 11) is 0. The quantitative estimate of drug-likeness (QED) is 0.634. The van der Waals surface area contributed by atoms with Gasteiger partial charge in [-0.3, -0.25) is 9.59 Å². The highest BCUT2D eigenvalue weighted by atomic mass is 16.5. The van der Waals surface area contributed by atoms with Crippen LogP contribution in [0.3, 0.4) is 0 Å². The molecule has 7 heteroatoms. The maximum atomic E-state index is 13.0. The molecule has 3 aliphatic rings. The van der Waals surface area contributed by atoms with Gasteiger partial charge in [0.2, 0.25) is 5.91 Å². The molecule has 0 spiro atoms. The molecule has 7 nitrogen and oxygen atoms in total. The first-order valence-electron chi connectivity index (χ1n) is 12.2. The van der Waals surface area contributed by atoms with Crippen molar-refractivity contribution in [3.8, 4) is 11.1 Å². The third-order valence-corrected chi connectivity index (χ3v) is 7.57. The molecule has 2 aliphatic carbocycles. The van der Waals surface area contributed by atoms with Crippen LogP contribution in [0.4, 0.5) is 4.79 Å². The molecule has 0 aromatic heterocycles. The second-order valence-electron chi connectivity index (χ2n) is 10.0. The zero-order chi connectivity index (χ0) is 24.6. The molecular weight excluding hydrogens is 444 g/mol. The Bertz CT molecular complexity index is 1150. The Morgan fingerprint density at radius 1 is 1.06 bits per heavy atom. The maximum Gasteiger partial charge on any atom is 0.407 e. The van der Waals surface area contributed by atoms with Gasteiger partial charge in [-0.2, -0.15) is 0 Å². The molecule has 2 N–H and O–H groups in total.